The molecule has 0 saturated carbocycles. The lowest BCUT2D eigenvalue weighted by Crippen LogP contribution is -2.37. The van der Waals surface area contributed by atoms with Crippen LogP contribution in [0.25, 0.3) is 0 Å². The molecule has 2 heterocycles. The maximum atomic E-state index is 13.0. The van der Waals surface area contributed by atoms with Gasteiger partial charge in [0.1, 0.15) is 0 Å². The summed E-state index contributed by atoms with van der Waals surface area (Å²) in [5.74, 6) is -0.601. The highest BCUT2D eigenvalue weighted by Gasteiger charge is 2.49. The second-order valence-electron chi connectivity index (χ2n) is 6.26. The second kappa shape index (κ2) is 6.88. The van der Waals surface area contributed by atoms with Gasteiger partial charge in [-0.3, -0.25) is 4.79 Å². The Kier molecular flexibility index (Phi) is 5.08. The smallest absolute Gasteiger partial charge is 0.316 e. The van der Waals surface area contributed by atoms with Gasteiger partial charge in [-0.05, 0) is 24.6 Å². The number of sulfone groups is 1. The van der Waals surface area contributed by atoms with Crippen LogP contribution in [0.15, 0.2) is 29.3 Å². The molecule has 2 aliphatic heterocycles. The summed E-state index contributed by atoms with van der Waals surface area (Å²) in [5.41, 5.74) is -0.636. The van der Waals surface area contributed by atoms with Crippen molar-refractivity contribution in [1.29, 1.82) is 0 Å². The van der Waals surface area contributed by atoms with Crippen molar-refractivity contribution in [1.82, 2.24) is 0 Å². The van der Waals surface area contributed by atoms with Crippen molar-refractivity contribution < 1.29 is 26.4 Å². The molecular formula is C16H17F3N2O3S2. The number of amidine groups is 1. The van der Waals surface area contributed by atoms with Crippen molar-refractivity contribution >= 4 is 38.4 Å². The Morgan fingerprint density at radius 3 is 2.73 bits per heavy atom. The number of anilines is 1. The molecule has 0 aromatic heterocycles. The topological polar surface area (TPSA) is 66.8 Å². The average molecular weight is 406 g/mol. The number of carbonyl (C=O) groups is 1. The number of hydrogen-bond acceptors (Lipinski definition) is 4. The highest BCUT2D eigenvalue weighted by Crippen LogP contribution is 2.42. The van der Waals surface area contributed by atoms with E-state index >= 15 is 0 Å². The maximum Gasteiger partial charge on any atom is 0.416 e. The second-order valence-corrected chi connectivity index (χ2v) is 9.62. The van der Waals surface area contributed by atoms with Gasteiger partial charge in [-0.2, -0.15) is 18.2 Å². The zero-order chi connectivity index (χ0) is 19.1. The van der Waals surface area contributed by atoms with Crippen LogP contribution >= 0.6 is 11.8 Å². The van der Waals surface area contributed by atoms with Crippen LogP contribution in [-0.4, -0.2) is 42.3 Å². The van der Waals surface area contributed by atoms with Crippen LogP contribution in [0.3, 0.4) is 0 Å². The van der Waals surface area contributed by atoms with Gasteiger partial charge < -0.3 is 4.90 Å². The van der Waals surface area contributed by atoms with E-state index in [2.05, 4.69) is 4.99 Å². The lowest BCUT2D eigenvalue weighted by Gasteiger charge is -2.25. The lowest BCUT2D eigenvalue weighted by molar-refractivity contribution is -0.137. The van der Waals surface area contributed by atoms with Gasteiger partial charge in [-0.25, -0.2) is 8.42 Å². The van der Waals surface area contributed by atoms with Crippen molar-refractivity contribution in [3.63, 3.8) is 0 Å². The number of hydrogen-bond donors (Lipinski definition) is 0. The number of nitrogens with zero attached hydrogens (tertiary/aromatic N) is 2. The minimum atomic E-state index is -4.51. The van der Waals surface area contributed by atoms with E-state index in [0.29, 0.717) is 6.42 Å². The molecule has 2 fully saturated rings. The Morgan fingerprint density at radius 1 is 1.35 bits per heavy atom. The third kappa shape index (κ3) is 3.90. The first-order valence-corrected chi connectivity index (χ1v) is 10.8. The zero-order valence-corrected chi connectivity index (χ0v) is 15.5. The maximum absolute atomic E-state index is 13.0. The molecule has 2 aliphatic rings. The number of benzene rings is 1. The minimum absolute atomic E-state index is 0.0707. The van der Waals surface area contributed by atoms with E-state index in [1.165, 1.54) is 17.0 Å². The van der Waals surface area contributed by atoms with E-state index in [-0.39, 0.29) is 39.9 Å². The molecule has 1 amide bonds. The molecule has 0 N–H and O–H groups in total. The highest BCUT2D eigenvalue weighted by atomic mass is 32.2. The Bertz CT molecular complexity index is 853. The van der Waals surface area contributed by atoms with E-state index in [1.54, 1.807) is 0 Å². The molecular weight excluding hydrogens is 389 g/mol. The van der Waals surface area contributed by atoms with Crippen LogP contribution < -0.4 is 4.90 Å². The number of amides is 1. The van der Waals surface area contributed by atoms with Gasteiger partial charge in [0.05, 0.1) is 23.1 Å². The Labute approximate surface area is 153 Å². The van der Waals surface area contributed by atoms with Crippen LogP contribution in [0, 0.1) is 0 Å². The molecule has 0 bridgehead atoms. The third-order valence-electron chi connectivity index (χ3n) is 4.20. The third-order valence-corrected chi connectivity index (χ3v) is 7.41. The summed E-state index contributed by atoms with van der Waals surface area (Å²) in [6, 6.07) is 4.14. The monoisotopic (exact) mass is 406 g/mol. The van der Waals surface area contributed by atoms with Crippen LogP contribution in [0.2, 0.25) is 0 Å². The van der Waals surface area contributed by atoms with Crippen LogP contribution in [0.5, 0.6) is 0 Å². The van der Waals surface area contributed by atoms with Crippen LogP contribution in [-0.2, 0) is 20.8 Å². The van der Waals surface area contributed by atoms with E-state index < -0.39 is 27.6 Å². The molecule has 1 aromatic rings. The number of thioether (sulfide) groups is 1. The molecule has 3 rings (SSSR count). The molecule has 1 aromatic carbocycles. The Balaban J connectivity index is 2.02. The first-order chi connectivity index (χ1) is 12.1. The van der Waals surface area contributed by atoms with Crippen molar-refractivity contribution in [2.75, 3.05) is 16.4 Å². The summed E-state index contributed by atoms with van der Waals surface area (Å²) in [4.78, 5) is 17.4. The lowest BCUT2D eigenvalue weighted by atomic mass is 10.1. The van der Waals surface area contributed by atoms with Crippen molar-refractivity contribution in [2.24, 2.45) is 4.99 Å². The van der Waals surface area contributed by atoms with Gasteiger partial charge in [0.25, 0.3) is 0 Å². The number of fused-ring (bicyclic) bond motifs is 1. The van der Waals surface area contributed by atoms with Gasteiger partial charge in [-0.15, -0.1) is 0 Å². The molecule has 26 heavy (non-hydrogen) atoms. The summed E-state index contributed by atoms with van der Waals surface area (Å²) in [5, 5.41) is -0.0737. The molecule has 10 heteroatoms. The molecule has 5 nitrogen and oxygen atoms in total. The highest BCUT2D eigenvalue weighted by molar-refractivity contribution is 8.16. The molecule has 0 spiro atoms. The largest absolute Gasteiger partial charge is 0.416 e. The summed E-state index contributed by atoms with van der Waals surface area (Å²) < 4.78 is 63.1. The number of aliphatic imine (C=N–C) groups is 1. The van der Waals surface area contributed by atoms with Crippen LogP contribution in [0.4, 0.5) is 18.9 Å². The van der Waals surface area contributed by atoms with E-state index in [9.17, 15) is 26.4 Å². The molecule has 2 atom stereocenters. The van der Waals surface area contributed by atoms with Crippen molar-refractivity contribution in [2.45, 2.75) is 37.2 Å². The zero-order valence-electron chi connectivity index (χ0n) is 13.9. The van der Waals surface area contributed by atoms with Gasteiger partial charge in [-0.1, -0.05) is 24.8 Å². The summed E-state index contributed by atoms with van der Waals surface area (Å²) >= 11 is 1.15. The summed E-state index contributed by atoms with van der Waals surface area (Å²) in [6.07, 6.45) is -3.68. The first kappa shape index (κ1) is 19.2. The summed E-state index contributed by atoms with van der Waals surface area (Å²) in [6.45, 7) is 1.83. The number of rotatable bonds is 3. The standard InChI is InChI=1S/C16H17F3N2O3S2/c1-2-4-14(22)20-15-21(12-8-26(23,24)9-13(12)25-15)11-6-3-5-10(7-11)16(17,18)19/h3,5-7,12-13H,2,4,8-9H2,1H3/t12-,13+/m0/s1. The normalized spacial score (nSPS) is 26.3. The SMILES string of the molecule is CCCC(=O)N=C1S[C@@H]2CS(=O)(=O)C[C@@H]2N1c1cccc(C(F)(F)F)c1. The van der Waals surface area contributed by atoms with Gasteiger partial charge in [0, 0.05) is 17.4 Å². The fourth-order valence-electron chi connectivity index (χ4n) is 3.07. The van der Waals surface area contributed by atoms with E-state index in [1.807, 2.05) is 6.92 Å². The number of halogens is 3. The van der Waals surface area contributed by atoms with Gasteiger partial charge >= 0.3 is 6.18 Å². The number of alkyl halides is 3. The van der Waals surface area contributed by atoms with Crippen molar-refractivity contribution in [3.05, 3.63) is 29.8 Å². The molecule has 142 valence electrons. The van der Waals surface area contributed by atoms with Gasteiger partial charge in [0.2, 0.25) is 5.91 Å². The van der Waals surface area contributed by atoms with Gasteiger partial charge in [0.15, 0.2) is 15.0 Å². The van der Waals surface area contributed by atoms with E-state index in [4.69, 9.17) is 0 Å². The average Bonchev–Trinajstić information content (AvgIpc) is 2.97. The predicted molar refractivity (Wildman–Crippen MR) is 95.1 cm³/mol. The number of carbonyl (C=O) groups excluding carboxylic acids is 1. The Morgan fingerprint density at radius 2 is 2.08 bits per heavy atom. The van der Waals surface area contributed by atoms with Crippen molar-refractivity contribution in [3.8, 4) is 0 Å². The van der Waals surface area contributed by atoms with Crippen LogP contribution in [0.1, 0.15) is 25.3 Å². The summed E-state index contributed by atoms with van der Waals surface area (Å²) in [7, 11) is -3.27. The molecule has 0 aliphatic carbocycles. The fraction of sp³-hybridized carbons (Fsp3) is 0.500. The quantitative estimate of drug-likeness (QED) is 0.772. The van der Waals surface area contributed by atoms with E-state index in [0.717, 1.165) is 23.9 Å². The molecule has 0 unspecified atom stereocenters. The molecule has 2 saturated heterocycles. The predicted octanol–water partition coefficient (Wildman–Crippen LogP) is 3.11. The molecule has 0 radical (unpaired) electrons. The fourth-order valence-corrected chi connectivity index (χ4v) is 7.01. The first-order valence-electron chi connectivity index (χ1n) is 8.06. The Hall–Kier alpha value is -1.55. The minimum Gasteiger partial charge on any atom is -0.316 e.